The van der Waals surface area contributed by atoms with E-state index in [1.165, 1.54) is 0 Å². The number of carbonyl (C=O) groups excluding carboxylic acids is 2. The van der Waals surface area contributed by atoms with Crippen LogP contribution in [0.1, 0.15) is 43.6 Å². The van der Waals surface area contributed by atoms with E-state index in [1.807, 2.05) is 64.0 Å². The van der Waals surface area contributed by atoms with Crippen LogP contribution in [0, 0.1) is 0 Å². The molecule has 0 spiro atoms. The molecule has 1 aromatic carbocycles. The molecule has 2 aromatic rings. The molecule has 0 atom stereocenters. The summed E-state index contributed by atoms with van der Waals surface area (Å²) in [4.78, 5) is 33.7. The molecule has 0 saturated carbocycles. The van der Waals surface area contributed by atoms with Crippen molar-refractivity contribution >= 4 is 47.4 Å². The van der Waals surface area contributed by atoms with Gasteiger partial charge in [-0.1, -0.05) is 12.1 Å². The molecule has 1 saturated heterocycles. The quantitative estimate of drug-likeness (QED) is 0.329. The van der Waals surface area contributed by atoms with E-state index in [9.17, 15) is 9.59 Å². The molecular formula is C23H34IN7O2. The fraction of sp³-hybridized carbons (Fsp3) is 0.478. The lowest BCUT2D eigenvalue weighted by molar-refractivity contribution is -0.120. The van der Waals surface area contributed by atoms with Crippen LogP contribution in [0.2, 0.25) is 0 Å². The Morgan fingerprint density at radius 2 is 2.00 bits per heavy atom. The minimum absolute atomic E-state index is 0. The average Bonchev–Trinajstić information content (AvgIpc) is 3.16. The summed E-state index contributed by atoms with van der Waals surface area (Å²) in [5.74, 6) is 0.597. The van der Waals surface area contributed by atoms with Crippen molar-refractivity contribution in [1.82, 2.24) is 25.3 Å². The minimum atomic E-state index is -0.298. The fourth-order valence-electron chi connectivity index (χ4n) is 3.49. The SMILES string of the molecule is CCNC(=NCc1cccc(C(=O)NC(C)(C)C)c1)N1CCN(c2cnn(C)c2)C(=O)C1.I. The third-order valence-corrected chi connectivity index (χ3v) is 4.95. The second-order valence-electron chi connectivity index (χ2n) is 8.91. The Morgan fingerprint density at radius 1 is 1.24 bits per heavy atom. The Bertz CT molecular complexity index is 997. The highest BCUT2D eigenvalue weighted by molar-refractivity contribution is 14.0. The first kappa shape index (κ1) is 26.6. The van der Waals surface area contributed by atoms with Crippen LogP contribution in [0.3, 0.4) is 0 Å². The molecule has 33 heavy (non-hydrogen) atoms. The van der Waals surface area contributed by atoms with E-state index in [0.29, 0.717) is 37.7 Å². The van der Waals surface area contributed by atoms with Crippen molar-refractivity contribution in [2.24, 2.45) is 12.0 Å². The first-order valence-electron chi connectivity index (χ1n) is 10.9. The lowest BCUT2D eigenvalue weighted by Crippen LogP contribution is -2.55. The van der Waals surface area contributed by atoms with Crippen LogP contribution in [0.5, 0.6) is 0 Å². The smallest absolute Gasteiger partial charge is 0.251 e. The third-order valence-electron chi connectivity index (χ3n) is 4.95. The van der Waals surface area contributed by atoms with E-state index in [2.05, 4.69) is 15.7 Å². The predicted octanol–water partition coefficient (Wildman–Crippen LogP) is 2.38. The normalized spacial score (nSPS) is 14.7. The maximum absolute atomic E-state index is 12.8. The number of aromatic nitrogens is 2. The highest BCUT2D eigenvalue weighted by Crippen LogP contribution is 2.16. The summed E-state index contributed by atoms with van der Waals surface area (Å²) in [5.41, 5.74) is 2.05. The average molecular weight is 567 g/mol. The molecule has 1 aromatic heterocycles. The van der Waals surface area contributed by atoms with Gasteiger partial charge in [0.2, 0.25) is 5.91 Å². The van der Waals surface area contributed by atoms with Crippen molar-refractivity contribution < 1.29 is 9.59 Å². The number of benzene rings is 1. The first-order valence-corrected chi connectivity index (χ1v) is 10.9. The zero-order valence-corrected chi connectivity index (χ0v) is 22.3. The number of amides is 2. The predicted molar refractivity (Wildman–Crippen MR) is 141 cm³/mol. The standard InChI is InChI=1S/C23H33N7O2.HI/c1-6-24-22(29-10-11-30(20(31)16-29)19-14-26-28(5)15-19)25-13-17-8-7-9-18(12-17)21(32)27-23(2,3)4;/h7-9,12,14-15H,6,10-11,13,16H2,1-5H3,(H,24,25)(H,27,32);1H. The number of hydrogen-bond donors (Lipinski definition) is 2. The molecule has 1 fully saturated rings. The Balaban J connectivity index is 0.00000385. The number of piperazine rings is 1. The Kier molecular flexibility index (Phi) is 9.26. The van der Waals surface area contributed by atoms with Gasteiger partial charge in [0.15, 0.2) is 5.96 Å². The van der Waals surface area contributed by atoms with Crippen LogP contribution in [-0.2, 0) is 18.4 Å². The van der Waals surface area contributed by atoms with Gasteiger partial charge in [0.05, 0.1) is 18.4 Å². The highest BCUT2D eigenvalue weighted by Gasteiger charge is 2.27. The van der Waals surface area contributed by atoms with Crippen molar-refractivity contribution in [3.8, 4) is 0 Å². The molecule has 2 N–H and O–H groups in total. The van der Waals surface area contributed by atoms with E-state index in [1.54, 1.807) is 21.8 Å². The number of rotatable bonds is 5. The van der Waals surface area contributed by atoms with Gasteiger partial charge < -0.3 is 20.4 Å². The molecule has 10 heteroatoms. The van der Waals surface area contributed by atoms with Crippen LogP contribution in [0.15, 0.2) is 41.7 Å². The summed E-state index contributed by atoms with van der Waals surface area (Å²) in [6, 6.07) is 7.48. The van der Waals surface area contributed by atoms with Crippen molar-refractivity contribution in [2.75, 3.05) is 31.1 Å². The summed E-state index contributed by atoms with van der Waals surface area (Å²) in [7, 11) is 1.84. The molecule has 0 unspecified atom stereocenters. The molecule has 3 rings (SSSR count). The lowest BCUT2D eigenvalue weighted by Gasteiger charge is -2.35. The summed E-state index contributed by atoms with van der Waals surface area (Å²) in [5, 5.41) is 10.4. The van der Waals surface area contributed by atoms with Crippen molar-refractivity contribution in [2.45, 2.75) is 39.8 Å². The maximum atomic E-state index is 12.8. The van der Waals surface area contributed by atoms with Crippen LogP contribution >= 0.6 is 24.0 Å². The zero-order valence-electron chi connectivity index (χ0n) is 20.0. The minimum Gasteiger partial charge on any atom is -0.356 e. The Morgan fingerprint density at radius 3 is 2.61 bits per heavy atom. The molecule has 2 amide bonds. The van der Waals surface area contributed by atoms with Crippen LogP contribution < -0.4 is 15.5 Å². The fourth-order valence-corrected chi connectivity index (χ4v) is 3.49. The van der Waals surface area contributed by atoms with Crippen molar-refractivity contribution in [3.63, 3.8) is 0 Å². The van der Waals surface area contributed by atoms with Crippen LogP contribution in [-0.4, -0.2) is 64.2 Å². The van der Waals surface area contributed by atoms with Crippen molar-refractivity contribution in [1.29, 1.82) is 0 Å². The number of anilines is 1. The number of nitrogens with zero attached hydrogens (tertiary/aromatic N) is 5. The van der Waals surface area contributed by atoms with Gasteiger partial charge in [0, 0.05) is 44.0 Å². The number of nitrogens with one attached hydrogen (secondary N) is 2. The largest absolute Gasteiger partial charge is 0.356 e. The lowest BCUT2D eigenvalue weighted by atomic mass is 10.1. The monoisotopic (exact) mass is 567 g/mol. The number of halogens is 1. The van der Waals surface area contributed by atoms with Gasteiger partial charge >= 0.3 is 0 Å². The Hall–Kier alpha value is -2.63. The summed E-state index contributed by atoms with van der Waals surface area (Å²) in [6.07, 6.45) is 3.55. The molecule has 2 heterocycles. The van der Waals surface area contributed by atoms with E-state index in [-0.39, 0.29) is 47.9 Å². The summed E-state index contributed by atoms with van der Waals surface area (Å²) >= 11 is 0. The van der Waals surface area contributed by atoms with E-state index in [0.717, 1.165) is 11.3 Å². The van der Waals surface area contributed by atoms with Gasteiger partial charge in [-0.25, -0.2) is 4.99 Å². The molecule has 1 aliphatic rings. The number of aryl methyl sites for hydroxylation is 1. The molecule has 9 nitrogen and oxygen atoms in total. The summed E-state index contributed by atoms with van der Waals surface area (Å²) in [6.45, 7) is 10.5. The maximum Gasteiger partial charge on any atom is 0.251 e. The molecule has 0 radical (unpaired) electrons. The number of carbonyl (C=O) groups is 2. The van der Waals surface area contributed by atoms with Gasteiger partial charge in [-0.3, -0.25) is 14.3 Å². The molecular weight excluding hydrogens is 533 g/mol. The van der Waals surface area contributed by atoms with E-state index in [4.69, 9.17) is 4.99 Å². The summed E-state index contributed by atoms with van der Waals surface area (Å²) < 4.78 is 1.69. The second-order valence-corrected chi connectivity index (χ2v) is 8.91. The number of aliphatic imine (C=N–C) groups is 1. The Labute approximate surface area is 212 Å². The molecule has 1 aliphatic heterocycles. The van der Waals surface area contributed by atoms with Crippen LogP contribution in [0.4, 0.5) is 5.69 Å². The molecule has 0 bridgehead atoms. The van der Waals surface area contributed by atoms with Gasteiger partial charge in [-0.05, 0) is 45.4 Å². The third kappa shape index (κ3) is 7.44. The second kappa shape index (κ2) is 11.5. The van der Waals surface area contributed by atoms with E-state index >= 15 is 0 Å². The van der Waals surface area contributed by atoms with Crippen molar-refractivity contribution in [3.05, 3.63) is 47.8 Å². The topological polar surface area (TPSA) is 94.9 Å². The molecule has 0 aliphatic carbocycles. The highest BCUT2D eigenvalue weighted by atomic mass is 127. The molecule has 180 valence electrons. The zero-order chi connectivity index (χ0) is 23.3. The van der Waals surface area contributed by atoms with Gasteiger partial charge in [-0.15, -0.1) is 24.0 Å². The van der Waals surface area contributed by atoms with Gasteiger partial charge in [0.1, 0.15) is 6.54 Å². The first-order chi connectivity index (χ1) is 15.2. The number of hydrogen-bond acceptors (Lipinski definition) is 4. The van der Waals surface area contributed by atoms with Gasteiger partial charge in [0.25, 0.3) is 5.91 Å². The van der Waals surface area contributed by atoms with E-state index < -0.39 is 0 Å². The number of guanidine groups is 1. The van der Waals surface area contributed by atoms with Crippen LogP contribution in [0.25, 0.3) is 0 Å². The van der Waals surface area contributed by atoms with Gasteiger partial charge in [-0.2, -0.15) is 5.10 Å².